The molecule has 2 aromatic heterocycles. The van der Waals surface area contributed by atoms with Gasteiger partial charge in [0.2, 0.25) is 0 Å². The van der Waals surface area contributed by atoms with Crippen LogP contribution in [0.5, 0.6) is 0 Å². The minimum Gasteiger partial charge on any atom is -0.454 e. The Morgan fingerprint density at radius 3 is 1.17 bits per heavy atom. The van der Waals surface area contributed by atoms with Gasteiger partial charge in [0.1, 0.15) is 11.2 Å². The topological polar surface area (TPSA) is 32.8 Å². The van der Waals surface area contributed by atoms with Gasteiger partial charge in [0, 0.05) is 44.0 Å². The summed E-state index contributed by atoms with van der Waals surface area (Å²) < 4.78 is 15.0. The molecule has 0 saturated heterocycles. The van der Waals surface area contributed by atoms with Crippen LogP contribution in [-0.4, -0.2) is 0 Å². The average molecular weight is 1210 g/mol. The summed E-state index contributed by atoms with van der Waals surface area (Å²) in [6, 6.07) is 89.2. The Balaban J connectivity index is 0.885. The number of hydrogen-bond donors (Lipinski definition) is 0. The van der Waals surface area contributed by atoms with Crippen LogP contribution >= 0.6 is 0 Å². The second-order valence-electron chi connectivity index (χ2n) is 28.2. The number of nitrogens with zero attached hydrogens (tertiary/aromatic N) is 2. The highest BCUT2D eigenvalue weighted by molar-refractivity contribution is 6.16. The summed E-state index contributed by atoms with van der Waals surface area (Å²) in [6.07, 6.45) is 25.5. The fraction of sp³-hybridized carbons (Fsp3) is 0.281. The predicted molar refractivity (Wildman–Crippen MR) is 388 cm³/mol. The van der Waals surface area contributed by atoms with E-state index in [4.69, 9.17) is 8.83 Å². The molecule has 5 aliphatic rings. The Bertz CT molecular complexity index is 4860. The molecule has 0 atom stereocenters. The quantitative estimate of drug-likeness (QED) is 0.122. The molecule has 4 heteroatoms. The maximum atomic E-state index is 7.52. The molecule has 460 valence electrons. The maximum Gasteiger partial charge on any atom is 0.159 e. The molecular weight excluding hydrogens is 1130 g/mol. The van der Waals surface area contributed by atoms with Crippen molar-refractivity contribution in [2.24, 2.45) is 0 Å². The normalized spacial score (nSPS) is 17.4. The van der Waals surface area contributed by atoms with Gasteiger partial charge in [-0.25, -0.2) is 0 Å². The minimum absolute atomic E-state index is 0.499. The van der Waals surface area contributed by atoms with Crippen molar-refractivity contribution >= 4 is 88.8 Å². The van der Waals surface area contributed by atoms with Crippen molar-refractivity contribution in [2.45, 2.75) is 158 Å². The molecule has 18 rings (SSSR count). The molecule has 5 aliphatic carbocycles. The van der Waals surface area contributed by atoms with Crippen LogP contribution < -0.4 is 9.80 Å². The first kappa shape index (κ1) is 56.6. The number of para-hydroxylation sites is 4. The lowest BCUT2D eigenvalue weighted by Crippen LogP contribution is -2.29. The number of benzene rings is 11. The lowest BCUT2D eigenvalue weighted by Gasteiger charge is -2.36. The highest BCUT2D eigenvalue weighted by Crippen LogP contribution is 2.62. The molecule has 0 bridgehead atoms. The molecule has 0 spiro atoms. The van der Waals surface area contributed by atoms with Crippen molar-refractivity contribution in [1.29, 1.82) is 0 Å². The fourth-order valence-corrected chi connectivity index (χ4v) is 18.6. The SMILES string of the molecule is c1ccc(C2(c3ccccc3)c3cc(N(c4ccc(C5CCCCC5)cc4)c4cccc5c4oc4c(C6CCCCC6)cccc45)ccc3-c3c2cc(N(c2ccc(C4CCCCC4)cc2)c2cccc4c2oc2c(C5CCCCC5)cccc24)c2ccccc32)cc1. The van der Waals surface area contributed by atoms with Gasteiger partial charge < -0.3 is 18.6 Å². The van der Waals surface area contributed by atoms with Crippen LogP contribution in [0.3, 0.4) is 0 Å². The first-order valence-electron chi connectivity index (χ1n) is 35.7. The van der Waals surface area contributed by atoms with Gasteiger partial charge in [-0.1, -0.05) is 253 Å². The molecule has 4 saturated carbocycles. The maximum absolute atomic E-state index is 7.52. The van der Waals surface area contributed by atoms with Gasteiger partial charge >= 0.3 is 0 Å². The number of anilines is 6. The molecule has 11 aromatic carbocycles. The summed E-state index contributed by atoms with van der Waals surface area (Å²) in [7, 11) is 0. The van der Waals surface area contributed by atoms with Crippen molar-refractivity contribution in [2.75, 3.05) is 9.80 Å². The van der Waals surface area contributed by atoms with E-state index in [0.29, 0.717) is 23.7 Å². The number of rotatable bonds is 12. The molecule has 13 aromatic rings. The fourth-order valence-electron chi connectivity index (χ4n) is 18.6. The molecule has 0 amide bonds. The molecule has 2 heterocycles. The van der Waals surface area contributed by atoms with Crippen LogP contribution in [0.1, 0.15) is 197 Å². The molecule has 0 radical (unpaired) electrons. The minimum atomic E-state index is -0.768. The van der Waals surface area contributed by atoms with Crippen LogP contribution in [0, 0.1) is 0 Å². The van der Waals surface area contributed by atoms with Crippen LogP contribution in [0.4, 0.5) is 34.1 Å². The van der Waals surface area contributed by atoms with E-state index in [1.807, 2.05) is 0 Å². The van der Waals surface area contributed by atoms with E-state index in [1.54, 1.807) is 0 Å². The van der Waals surface area contributed by atoms with Crippen LogP contribution in [0.15, 0.2) is 239 Å². The van der Waals surface area contributed by atoms with E-state index in [2.05, 4.69) is 240 Å². The lowest BCUT2D eigenvalue weighted by atomic mass is 9.67. The summed E-state index contributed by atoms with van der Waals surface area (Å²) in [5, 5.41) is 7.15. The van der Waals surface area contributed by atoms with E-state index in [0.717, 1.165) is 67.2 Å². The first-order chi connectivity index (χ1) is 46.2. The first-order valence-corrected chi connectivity index (χ1v) is 35.7. The van der Waals surface area contributed by atoms with Crippen LogP contribution in [-0.2, 0) is 5.41 Å². The smallest absolute Gasteiger partial charge is 0.159 e. The van der Waals surface area contributed by atoms with E-state index in [-0.39, 0.29) is 0 Å². The molecule has 0 unspecified atom stereocenters. The van der Waals surface area contributed by atoms with E-state index >= 15 is 0 Å². The molecular formula is C89H82N2O2. The van der Waals surface area contributed by atoms with Crippen molar-refractivity contribution < 1.29 is 8.83 Å². The molecule has 4 nitrogen and oxygen atoms in total. The van der Waals surface area contributed by atoms with Gasteiger partial charge in [0.25, 0.3) is 0 Å². The zero-order valence-electron chi connectivity index (χ0n) is 53.6. The molecule has 4 fully saturated rings. The van der Waals surface area contributed by atoms with Crippen molar-refractivity contribution in [3.05, 3.63) is 275 Å². The second kappa shape index (κ2) is 23.8. The third kappa shape index (κ3) is 9.50. The van der Waals surface area contributed by atoms with Gasteiger partial charge in [-0.2, -0.15) is 0 Å². The summed E-state index contributed by atoms with van der Waals surface area (Å²) in [4.78, 5) is 5.09. The third-order valence-electron chi connectivity index (χ3n) is 23.1. The lowest BCUT2D eigenvalue weighted by molar-refractivity contribution is 0.442. The average Bonchev–Trinajstić information content (AvgIpc) is 1.54. The van der Waals surface area contributed by atoms with Crippen molar-refractivity contribution in [3.63, 3.8) is 0 Å². The molecule has 0 N–H and O–H groups in total. The number of hydrogen-bond acceptors (Lipinski definition) is 4. The Labute approximate surface area is 547 Å². The number of fused-ring (bicyclic) bond motifs is 11. The summed E-state index contributed by atoms with van der Waals surface area (Å²) >= 11 is 0. The predicted octanol–water partition coefficient (Wildman–Crippen LogP) is 26.1. The van der Waals surface area contributed by atoms with Gasteiger partial charge in [0.05, 0.1) is 22.5 Å². The Kier molecular flexibility index (Phi) is 14.5. The monoisotopic (exact) mass is 1210 g/mol. The largest absolute Gasteiger partial charge is 0.454 e. The third-order valence-corrected chi connectivity index (χ3v) is 23.1. The summed E-state index contributed by atoms with van der Waals surface area (Å²) in [5.74, 6) is 2.18. The van der Waals surface area contributed by atoms with Gasteiger partial charge in [0.15, 0.2) is 11.2 Å². The van der Waals surface area contributed by atoms with E-state index in [9.17, 15) is 0 Å². The molecule has 93 heavy (non-hydrogen) atoms. The van der Waals surface area contributed by atoms with E-state index in [1.165, 1.54) is 206 Å². The summed E-state index contributed by atoms with van der Waals surface area (Å²) in [5.41, 5.74) is 22.9. The van der Waals surface area contributed by atoms with Crippen molar-refractivity contribution in [1.82, 2.24) is 0 Å². The zero-order chi connectivity index (χ0) is 61.4. The van der Waals surface area contributed by atoms with Crippen molar-refractivity contribution in [3.8, 4) is 11.1 Å². The second-order valence-corrected chi connectivity index (χ2v) is 28.2. The summed E-state index contributed by atoms with van der Waals surface area (Å²) in [6.45, 7) is 0. The Morgan fingerprint density at radius 1 is 0.280 bits per heavy atom. The highest BCUT2D eigenvalue weighted by Gasteiger charge is 2.48. The standard InChI is InChI=1S/C89H82N2O2/c1-7-25-59(26-8-1)61-47-51-67(52-48-61)90(81-45-23-43-76-74-41-21-39-70(85(74)92-87(76)81)63-29-11-3-12-30-63)69-55-56-78-79(57-69)89(65-33-15-5-16-34-65,66-35-17-6-18-36-66)80-58-83(72-37-19-20-38-73(72)84(78)80)91(68-53-49-62(50-54-68)60-27-9-2-10-28-60)82-46-24-44-77-75-42-22-40-71(86(75)93-88(77)82)64-31-13-4-14-32-64/h5-6,15-24,33-60,63-64H,1-4,7-14,25-32H2. The zero-order valence-corrected chi connectivity index (χ0v) is 53.6. The van der Waals surface area contributed by atoms with Gasteiger partial charge in [-0.05, 0) is 191 Å². The Morgan fingerprint density at radius 2 is 0.677 bits per heavy atom. The van der Waals surface area contributed by atoms with Gasteiger partial charge in [-0.15, -0.1) is 0 Å². The van der Waals surface area contributed by atoms with Gasteiger partial charge in [-0.3, -0.25) is 0 Å². The Hall–Kier alpha value is -9.12. The number of furan rings is 2. The highest BCUT2D eigenvalue weighted by atomic mass is 16.3. The van der Waals surface area contributed by atoms with E-state index < -0.39 is 5.41 Å². The van der Waals surface area contributed by atoms with Crippen LogP contribution in [0.25, 0.3) is 65.8 Å². The van der Waals surface area contributed by atoms with Crippen LogP contribution in [0.2, 0.25) is 0 Å². The molecule has 0 aliphatic heterocycles.